The molecule has 2 aliphatic rings. The monoisotopic (exact) mass is 719 g/mol. The van der Waals surface area contributed by atoms with Crippen LogP contribution in [-0.4, -0.2) is 82.0 Å². The Kier molecular flexibility index (Phi) is 8.89. The molecule has 1 amide bonds. The topological polar surface area (TPSA) is 242 Å². The van der Waals surface area contributed by atoms with Crippen molar-refractivity contribution in [1.82, 2.24) is 19.3 Å². The van der Waals surface area contributed by atoms with Gasteiger partial charge in [0.1, 0.15) is 11.2 Å². The number of imidazole rings is 1. The van der Waals surface area contributed by atoms with Crippen molar-refractivity contribution in [3.05, 3.63) is 70.4 Å². The molecule has 2 atom stereocenters. The quantitative estimate of drug-likeness (QED) is 0.129. The second-order valence-corrected chi connectivity index (χ2v) is 16.5. The molecule has 2 fully saturated rings. The molecule has 262 valence electrons. The first-order valence-electron chi connectivity index (χ1n) is 15.3. The van der Waals surface area contributed by atoms with Crippen molar-refractivity contribution in [2.75, 3.05) is 25.1 Å². The summed E-state index contributed by atoms with van der Waals surface area (Å²) in [6.07, 6.45) is 3.46. The number of nitrogens with zero attached hydrogens (tertiary/aromatic N) is 4. The van der Waals surface area contributed by atoms with Crippen molar-refractivity contribution in [3.8, 4) is 5.75 Å². The number of aromatic carboxylic acids is 1. The van der Waals surface area contributed by atoms with Gasteiger partial charge in [0.2, 0.25) is 5.43 Å². The number of amides is 1. The fourth-order valence-electron chi connectivity index (χ4n) is 6.53. The van der Waals surface area contributed by atoms with E-state index in [1.54, 1.807) is 28.8 Å². The molecule has 3 aromatic heterocycles. The fourth-order valence-corrected chi connectivity index (χ4v) is 9.03. The third-order valence-electron chi connectivity index (χ3n) is 8.90. The minimum atomic E-state index is -5.86. The maximum atomic E-state index is 13.3. The minimum Gasteiger partial charge on any atom is -0.492 e. The van der Waals surface area contributed by atoms with Gasteiger partial charge in [0.05, 0.1) is 30.1 Å². The number of rotatable bonds is 10. The number of alkyl carbamates (subject to hydrolysis) is 1. The van der Waals surface area contributed by atoms with E-state index in [0.717, 1.165) is 12.8 Å². The number of hydrogen-bond acceptors (Lipinski definition) is 9. The van der Waals surface area contributed by atoms with Gasteiger partial charge in [-0.3, -0.25) is 13.9 Å². The number of benzene rings is 1. The number of aromatic nitrogens is 3. The molecule has 0 bridgehead atoms. The van der Waals surface area contributed by atoms with Gasteiger partial charge < -0.3 is 53.3 Å². The van der Waals surface area contributed by atoms with Gasteiger partial charge in [-0.15, -0.1) is 0 Å². The van der Waals surface area contributed by atoms with Crippen LogP contribution >= 0.6 is 15.2 Å². The van der Waals surface area contributed by atoms with Crippen LogP contribution in [0.3, 0.4) is 0 Å². The van der Waals surface area contributed by atoms with Gasteiger partial charge in [-0.1, -0.05) is 13.0 Å². The molecular formula is C30H35N5O12P2. The SMILES string of the molecule is COc1c(N2C[C@@H](C)C[C@H](NC(=O)OC(Cc3cnc4ccccn34)(P(=O)(O)O)P(=O)(O)O)C2)ccc2c(=O)c(C(=O)O)cn(C3CC3)c12. The molecule has 1 aromatic carbocycles. The summed E-state index contributed by atoms with van der Waals surface area (Å²) >= 11 is 0. The van der Waals surface area contributed by atoms with Crippen LogP contribution < -0.4 is 20.4 Å². The van der Waals surface area contributed by atoms with E-state index in [2.05, 4.69) is 10.3 Å². The first-order valence-corrected chi connectivity index (χ1v) is 18.5. The average Bonchev–Trinajstić information content (AvgIpc) is 3.79. The average molecular weight is 720 g/mol. The molecule has 1 aliphatic heterocycles. The van der Waals surface area contributed by atoms with E-state index in [-0.39, 0.29) is 35.1 Å². The summed E-state index contributed by atoms with van der Waals surface area (Å²) in [4.78, 5) is 85.5. The van der Waals surface area contributed by atoms with E-state index in [0.29, 0.717) is 35.6 Å². The van der Waals surface area contributed by atoms with E-state index in [9.17, 15) is 48.2 Å². The van der Waals surface area contributed by atoms with E-state index in [1.165, 1.54) is 36.2 Å². The molecule has 0 spiro atoms. The van der Waals surface area contributed by atoms with Crippen molar-refractivity contribution < 1.29 is 52.9 Å². The molecule has 4 aromatic rings. The third-order valence-corrected chi connectivity index (χ3v) is 12.8. The Morgan fingerprint density at radius 3 is 2.43 bits per heavy atom. The van der Waals surface area contributed by atoms with Crippen molar-refractivity contribution >= 4 is 49.5 Å². The summed E-state index contributed by atoms with van der Waals surface area (Å²) in [6, 6.07) is 7.23. The predicted molar refractivity (Wildman–Crippen MR) is 175 cm³/mol. The third kappa shape index (κ3) is 6.33. The zero-order valence-electron chi connectivity index (χ0n) is 26.4. The Morgan fingerprint density at radius 1 is 1.08 bits per heavy atom. The number of ether oxygens (including phenoxy) is 2. The number of hydrogen-bond donors (Lipinski definition) is 6. The Hall–Kier alpha value is -4.24. The van der Waals surface area contributed by atoms with Crippen LogP contribution in [0.4, 0.5) is 10.5 Å². The Labute approximate surface area is 278 Å². The predicted octanol–water partition coefficient (Wildman–Crippen LogP) is 2.88. The number of nitrogens with one attached hydrogen (secondary N) is 1. The van der Waals surface area contributed by atoms with Gasteiger partial charge in [0.15, 0.2) is 5.75 Å². The first-order chi connectivity index (χ1) is 23.0. The van der Waals surface area contributed by atoms with Crippen LogP contribution in [0, 0.1) is 5.92 Å². The summed E-state index contributed by atoms with van der Waals surface area (Å²) in [5.41, 5.74) is 0.291. The van der Waals surface area contributed by atoms with Crippen LogP contribution in [0.2, 0.25) is 0 Å². The standard InChI is InChI=1S/C30H35N5O12P2/c1-17-11-18(32-29(39)47-30(48(40,41)42,49(43,44)45)12-20-13-31-24-5-3-4-10-34(20)24)15-33(14-17)23-9-8-21-25(27(23)46-2)35(19-6-7-19)16-22(26(21)36)28(37)38/h3-5,8-10,13,16-19H,6-7,11-12,14-15H2,1-2H3,(H,32,39)(H,37,38)(H2,40,41,42)(H2,43,44,45)/t17-,18-/m0/s1. The summed E-state index contributed by atoms with van der Waals surface area (Å²) < 4.78 is 39.7. The Balaban J connectivity index is 1.31. The lowest BCUT2D eigenvalue weighted by atomic mass is 9.95. The van der Waals surface area contributed by atoms with E-state index in [4.69, 9.17) is 9.47 Å². The molecule has 1 aliphatic carbocycles. The van der Waals surface area contributed by atoms with Crippen molar-refractivity contribution in [1.29, 1.82) is 0 Å². The minimum absolute atomic E-state index is 0.0151. The number of methoxy groups -OCH3 is 1. The highest BCUT2D eigenvalue weighted by Crippen LogP contribution is 2.70. The zero-order valence-corrected chi connectivity index (χ0v) is 28.2. The van der Waals surface area contributed by atoms with Crippen LogP contribution in [0.25, 0.3) is 16.6 Å². The van der Waals surface area contributed by atoms with E-state index in [1.807, 2.05) is 11.8 Å². The molecule has 1 saturated heterocycles. The highest BCUT2D eigenvalue weighted by atomic mass is 31.2. The first kappa shape index (κ1) is 34.6. The van der Waals surface area contributed by atoms with Gasteiger partial charge in [-0.2, -0.15) is 0 Å². The maximum Gasteiger partial charge on any atom is 0.409 e. The van der Waals surface area contributed by atoms with Gasteiger partial charge >= 0.3 is 32.3 Å². The normalized spacial score (nSPS) is 18.9. The molecule has 17 nitrogen and oxygen atoms in total. The number of carbonyl (C=O) groups is 2. The molecule has 0 radical (unpaired) electrons. The van der Waals surface area contributed by atoms with E-state index < -0.39 is 50.2 Å². The fraction of sp³-hybridized carbons (Fsp3) is 0.400. The second-order valence-electron chi connectivity index (χ2n) is 12.5. The smallest absolute Gasteiger partial charge is 0.409 e. The Bertz CT molecular complexity index is 2100. The summed E-state index contributed by atoms with van der Waals surface area (Å²) in [5.74, 6) is -1.09. The molecule has 4 heterocycles. The van der Waals surface area contributed by atoms with Crippen LogP contribution in [0.1, 0.15) is 48.3 Å². The number of carboxylic acid groups (broad SMARTS) is 1. The highest BCUT2D eigenvalue weighted by molar-refractivity contribution is 7.72. The van der Waals surface area contributed by atoms with Crippen molar-refractivity contribution in [2.24, 2.45) is 5.92 Å². The number of carbonyl (C=O) groups excluding carboxylic acids is 1. The molecule has 6 rings (SSSR count). The lowest BCUT2D eigenvalue weighted by Crippen LogP contribution is -2.52. The van der Waals surface area contributed by atoms with Gasteiger partial charge in [0.25, 0.3) is 0 Å². The Morgan fingerprint density at radius 2 is 1.80 bits per heavy atom. The molecule has 0 unspecified atom stereocenters. The largest absolute Gasteiger partial charge is 0.492 e. The number of anilines is 1. The number of carboxylic acids is 1. The lowest BCUT2D eigenvalue weighted by molar-refractivity contribution is 0.0694. The number of pyridine rings is 2. The molecule has 49 heavy (non-hydrogen) atoms. The second kappa shape index (κ2) is 12.6. The maximum absolute atomic E-state index is 13.3. The van der Waals surface area contributed by atoms with Crippen LogP contribution in [0.15, 0.2) is 53.7 Å². The lowest BCUT2D eigenvalue weighted by Gasteiger charge is -2.39. The molecule has 1 saturated carbocycles. The molecular weight excluding hydrogens is 684 g/mol. The zero-order chi connectivity index (χ0) is 35.5. The molecule has 6 N–H and O–H groups in total. The van der Waals surface area contributed by atoms with E-state index >= 15 is 0 Å². The number of piperidine rings is 1. The van der Waals surface area contributed by atoms with Gasteiger partial charge in [0, 0.05) is 49.5 Å². The van der Waals surface area contributed by atoms with Crippen molar-refractivity contribution in [2.45, 2.75) is 49.8 Å². The van der Waals surface area contributed by atoms with Crippen LogP contribution in [-0.2, 0) is 20.3 Å². The van der Waals surface area contributed by atoms with Gasteiger partial charge in [-0.25, -0.2) is 14.6 Å². The van der Waals surface area contributed by atoms with Crippen LogP contribution in [0.5, 0.6) is 5.75 Å². The summed E-state index contributed by atoms with van der Waals surface area (Å²) in [5, 5.41) is 8.80. The summed E-state index contributed by atoms with van der Waals surface area (Å²) in [7, 11) is -10.3. The van der Waals surface area contributed by atoms with Crippen molar-refractivity contribution in [3.63, 3.8) is 0 Å². The van der Waals surface area contributed by atoms with Gasteiger partial charge in [-0.05, 0) is 49.4 Å². The highest BCUT2D eigenvalue weighted by Gasteiger charge is 2.64. The number of fused-ring (bicyclic) bond motifs is 2. The summed E-state index contributed by atoms with van der Waals surface area (Å²) in [6.45, 7) is 2.49. The molecule has 19 heteroatoms.